The van der Waals surface area contributed by atoms with E-state index < -0.39 is 40.8 Å². The number of pyridine rings is 1. The summed E-state index contributed by atoms with van der Waals surface area (Å²) in [6, 6.07) is 11.9. The van der Waals surface area contributed by atoms with Crippen molar-refractivity contribution in [1.29, 1.82) is 0 Å². The van der Waals surface area contributed by atoms with Gasteiger partial charge in [0.25, 0.3) is 11.3 Å². The van der Waals surface area contributed by atoms with Crippen LogP contribution in [0.15, 0.2) is 54.6 Å². The average Bonchev–Trinajstić information content (AvgIpc) is 2.95. The molecular formula is C27H28F5N5O3S. The zero-order valence-electron chi connectivity index (χ0n) is 22.2. The van der Waals surface area contributed by atoms with Crippen LogP contribution in [0.4, 0.5) is 39.1 Å². The average molecular weight is 598 g/mol. The lowest BCUT2D eigenvalue weighted by Gasteiger charge is -2.37. The molecule has 2 unspecified atom stereocenters. The predicted octanol–water partition coefficient (Wildman–Crippen LogP) is 4.70. The highest BCUT2D eigenvalue weighted by atomic mass is 32.2. The number of nitrogens with zero attached hydrogens (tertiary/aromatic N) is 4. The molecule has 2 atom stereocenters. The summed E-state index contributed by atoms with van der Waals surface area (Å²) in [7, 11) is 1.24. The predicted molar refractivity (Wildman–Crippen MR) is 146 cm³/mol. The Balaban J connectivity index is 1.48. The molecule has 4 rings (SSSR count). The molecule has 1 saturated heterocycles. The number of carbonyl (C=O) groups excluding carboxylic acids is 1. The first-order chi connectivity index (χ1) is 19.3. The Morgan fingerprint density at radius 3 is 2.27 bits per heavy atom. The molecule has 2 heterocycles. The van der Waals surface area contributed by atoms with Gasteiger partial charge in [-0.2, -0.15) is 13.2 Å². The van der Waals surface area contributed by atoms with E-state index in [0.29, 0.717) is 37.3 Å². The van der Waals surface area contributed by atoms with Crippen LogP contribution in [0.3, 0.4) is 0 Å². The maximum atomic E-state index is 14.5. The SMILES string of the molecule is CC(C(=O)NCc1ccc(C(F)(F)F)nc1N1CCN(c2ccc(F)cc2)CC1)c1ccc(N(C)S(=O)O)c(F)c1. The van der Waals surface area contributed by atoms with E-state index in [1.807, 2.05) is 4.90 Å². The summed E-state index contributed by atoms with van der Waals surface area (Å²) >= 11 is -2.43. The van der Waals surface area contributed by atoms with Gasteiger partial charge in [-0.05, 0) is 55.0 Å². The molecule has 2 aromatic carbocycles. The topological polar surface area (TPSA) is 89.0 Å². The van der Waals surface area contributed by atoms with E-state index in [2.05, 4.69) is 10.3 Å². The van der Waals surface area contributed by atoms with E-state index >= 15 is 0 Å². The van der Waals surface area contributed by atoms with E-state index in [4.69, 9.17) is 0 Å². The van der Waals surface area contributed by atoms with Gasteiger partial charge in [0, 0.05) is 51.0 Å². The van der Waals surface area contributed by atoms with Gasteiger partial charge in [0.05, 0.1) is 11.6 Å². The first-order valence-electron chi connectivity index (χ1n) is 12.6. The van der Waals surface area contributed by atoms with E-state index in [-0.39, 0.29) is 23.9 Å². The summed E-state index contributed by atoms with van der Waals surface area (Å²) in [5, 5.41) is 2.70. The molecule has 3 aromatic rings. The molecule has 14 heteroatoms. The second-order valence-corrected chi connectivity index (χ2v) is 10.5. The minimum absolute atomic E-state index is 0.0990. The van der Waals surface area contributed by atoms with Crippen molar-refractivity contribution in [3.63, 3.8) is 0 Å². The van der Waals surface area contributed by atoms with Crippen LogP contribution < -0.4 is 19.4 Å². The summed E-state index contributed by atoms with van der Waals surface area (Å²) < 4.78 is 89.5. The minimum Gasteiger partial charge on any atom is -0.368 e. The fraction of sp³-hybridized carbons (Fsp3) is 0.333. The number of piperazine rings is 1. The van der Waals surface area contributed by atoms with Crippen molar-refractivity contribution < 1.29 is 35.5 Å². The largest absolute Gasteiger partial charge is 0.433 e. The number of hydrogen-bond acceptors (Lipinski definition) is 5. The molecule has 0 aliphatic carbocycles. The highest BCUT2D eigenvalue weighted by Crippen LogP contribution is 2.32. The molecule has 1 aromatic heterocycles. The number of nitrogens with one attached hydrogen (secondary N) is 1. The molecule has 1 aliphatic heterocycles. The zero-order chi connectivity index (χ0) is 29.9. The lowest BCUT2D eigenvalue weighted by atomic mass is 9.99. The van der Waals surface area contributed by atoms with Gasteiger partial charge in [0.2, 0.25) is 5.91 Å². The molecule has 8 nitrogen and oxygen atoms in total. The van der Waals surface area contributed by atoms with Gasteiger partial charge >= 0.3 is 6.18 Å². The highest BCUT2D eigenvalue weighted by Gasteiger charge is 2.34. The molecular weight excluding hydrogens is 569 g/mol. The van der Waals surface area contributed by atoms with Crippen LogP contribution in [-0.4, -0.2) is 52.9 Å². The van der Waals surface area contributed by atoms with Crippen LogP contribution in [0.1, 0.15) is 29.7 Å². The summed E-state index contributed by atoms with van der Waals surface area (Å²) in [6.45, 7) is 3.05. The van der Waals surface area contributed by atoms with Gasteiger partial charge in [-0.15, -0.1) is 0 Å². The number of alkyl halides is 3. The Morgan fingerprint density at radius 2 is 1.68 bits per heavy atom. The second-order valence-electron chi connectivity index (χ2n) is 9.51. The van der Waals surface area contributed by atoms with E-state index in [9.17, 15) is 35.5 Å². The van der Waals surface area contributed by atoms with Crippen molar-refractivity contribution >= 4 is 34.4 Å². The second kappa shape index (κ2) is 12.4. The lowest BCUT2D eigenvalue weighted by Crippen LogP contribution is -2.47. The van der Waals surface area contributed by atoms with Crippen molar-refractivity contribution in [1.82, 2.24) is 10.3 Å². The number of hydrogen-bond donors (Lipinski definition) is 2. The maximum absolute atomic E-state index is 14.5. The molecule has 41 heavy (non-hydrogen) atoms. The first-order valence-corrected chi connectivity index (χ1v) is 13.7. The lowest BCUT2D eigenvalue weighted by molar-refractivity contribution is -0.141. The number of rotatable bonds is 8. The number of anilines is 3. The van der Waals surface area contributed by atoms with Crippen molar-refractivity contribution in [3.05, 3.63) is 83.1 Å². The van der Waals surface area contributed by atoms with Crippen molar-refractivity contribution in [2.45, 2.75) is 25.6 Å². The van der Waals surface area contributed by atoms with Gasteiger partial charge in [0.1, 0.15) is 23.1 Å². The standard InChI is InChI=1S/C27H28F5N5O3S/c1-17(18-3-9-23(22(29)15-18)35(2)41(39)40)26(38)33-16-19-4-10-24(27(30,31)32)34-25(19)37-13-11-36(12-14-37)21-7-5-20(28)6-8-21/h3-10,15,17H,11-14,16H2,1-2H3,(H,33,38)(H,39,40). The summed E-state index contributed by atoms with van der Waals surface area (Å²) in [5.74, 6) is -2.38. The number of halogens is 5. The van der Waals surface area contributed by atoms with Crippen LogP contribution in [0.2, 0.25) is 0 Å². The van der Waals surface area contributed by atoms with Crippen LogP contribution in [0.25, 0.3) is 0 Å². The van der Waals surface area contributed by atoms with Crippen molar-refractivity contribution in [2.75, 3.05) is 47.3 Å². The summed E-state index contributed by atoms with van der Waals surface area (Å²) in [6.07, 6.45) is -4.66. The first kappa shape index (κ1) is 30.2. The van der Waals surface area contributed by atoms with E-state index in [1.54, 1.807) is 17.0 Å². The van der Waals surface area contributed by atoms with Gasteiger partial charge in [-0.3, -0.25) is 13.7 Å². The van der Waals surface area contributed by atoms with E-state index in [1.165, 1.54) is 44.3 Å². The molecule has 0 spiro atoms. The van der Waals surface area contributed by atoms with Gasteiger partial charge in [-0.1, -0.05) is 12.1 Å². The number of carbonyl (C=O) groups is 1. The molecule has 1 fully saturated rings. The molecule has 220 valence electrons. The van der Waals surface area contributed by atoms with E-state index in [0.717, 1.165) is 22.1 Å². The number of benzene rings is 2. The van der Waals surface area contributed by atoms with Crippen molar-refractivity contribution in [3.8, 4) is 0 Å². The summed E-state index contributed by atoms with van der Waals surface area (Å²) in [4.78, 5) is 20.5. The van der Waals surface area contributed by atoms with Crippen LogP contribution in [0.5, 0.6) is 0 Å². The smallest absolute Gasteiger partial charge is 0.368 e. The molecule has 0 radical (unpaired) electrons. The minimum atomic E-state index is -4.66. The molecule has 0 bridgehead atoms. The van der Waals surface area contributed by atoms with Gasteiger partial charge < -0.3 is 15.1 Å². The Kier molecular flexibility index (Phi) is 9.12. The monoisotopic (exact) mass is 597 g/mol. The zero-order valence-corrected chi connectivity index (χ0v) is 23.0. The third-order valence-corrected chi connectivity index (χ3v) is 7.57. The van der Waals surface area contributed by atoms with Gasteiger partial charge in [0.15, 0.2) is 0 Å². The maximum Gasteiger partial charge on any atom is 0.433 e. The molecule has 2 N–H and O–H groups in total. The molecule has 1 amide bonds. The van der Waals surface area contributed by atoms with Crippen LogP contribution >= 0.6 is 0 Å². The fourth-order valence-electron chi connectivity index (χ4n) is 4.49. The highest BCUT2D eigenvalue weighted by molar-refractivity contribution is 7.80. The Labute approximate surface area is 236 Å². The number of aromatic nitrogens is 1. The van der Waals surface area contributed by atoms with Crippen molar-refractivity contribution in [2.24, 2.45) is 0 Å². The van der Waals surface area contributed by atoms with Crippen LogP contribution in [-0.2, 0) is 28.8 Å². The number of amides is 1. The molecule has 1 aliphatic rings. The normalized spacial score (nSPS) is 15.4. The molecule has 0 saturated carbocycles. The quantitative estimate of drug-likeness (QED) is 0.289. The Morgan fingerprint density at radius 1 is 1.05 bits per heavy atom. The third-order valence-electron chi connectivity index (χ3n) is 6.91. The fourth-order valence-corrected chi connectivity index (χ4v) is 4.81. The van der Waals surface area contributed by atoms with Gasteiger partial charge in [-0.25, -0.2) is 18.0 Å². The van der Waals surface area contributed by atoms with Crippen LogP contribution in [0, 0.1) is 11.6 Å². The Hall–Kier alpha value is -3.78. The Bertz CT molecular complexity index is 1420. The summed E-state index contributed by atoms with van der Waals surface area (Å²) in [5.41, 5.74) is 0.305. The third kappa shape index (κ3) is 7.11.